The lowest BCUT2D eigenvalue weighted by molar-refractivity contribution is -0.138. The van der Waals surface area contributed by atoms with Gasteiger partial charge in [-0.25, -0.2) is 19.5 Å². The molecule has 0 radical (unpaired) electrons. The van der Waals surface area contributed by atoms with E-state index in [1.807, 2.05) is 0 Å². The van der Waals surface area contributed by atoms with E-state index in [1.54, 1.807) is 0 Å². The fourth-order valence-electron chi connectivity index (χ4n) is 3.98. The Labute approximate surface area is 209 Å². The van der Waals surface area contributed by atoms with Gasteiger partial charge in [-0.15, -0.1) is 0 Å². The van der Waals surface area contributed by atoms with E-state index >= 15 is 0 Å². The van der Waals surface area contributed by atoms with Crippen molar-refractivity contribution in [1.29, 1.82) is 0 Å². The summed E-state index contributed by atoms with van der Waals surface area (Å²) in [4.78, 5) is 52.3. The van der Waals surface area contributed by atoms with Crippen molar-refractivity contribution in [3.63, 3.8) is 0 Å². The zero-order chi connectivity index (χ0) is 28.0. The molecule has 2 atom stereocenters. The third-order valence-electron chi connectivity index (χ3n) is 5.61. The number of urea groups is 1. The summed E-state index contributed by atoms with van der Waals surface area (Å²) in [5, 5.41) is 6.25. The number of ether oxygens (including phenoxy) is 1. The summed E-state index contributed by atoms with van der Waals surface area (Å²) in [6.07, 6.45) is -9.53. The molecule has 38 heavy (non-hydrogen) atoms. The molecular formula is C23H16F6N4O5. The number of fused-ring (bicyclic) bond motifs is 1. The summed E-state index contributed by atoms with van der Waals surface area (Å²) >= 11 is 0. The molecular weight excluding hydrogens is 526 g/mol. The number of nitrogens with zero attached hydrogens (tertiary/aromatic N) is 3. The van der Waals surface area contributed by atoms with Crippen molar-refractivity contribution in [2.24, 2.45) is 11.0 Å². The molecule has 0 bridgehead atoms. The molecule has 0 spiro atoms. The van der Waals surface area contributed by atoms with Gasteiger partial charge in [0, 0.05) is 5.69 Å². The average molecular weight is 542 g/mol. The van der Waals surface area contributed by atoms with Crippen LogP contribution in [0.1, 0.15) is 18.1 Å². The van der Waals surface area contributed by atoms with Gasteiger partial charge in [-0.3, -0.25) is 9.59 Å². The Morgan fingerprint density at radius 1 is 0.947 bits per heavy atom. The van der Waals surface area contributed by atoms with Gasteiger partial charge in [0.15, 0.2) is 11.8 Å². The minimum atomic E-state index is -4.80. The Hall–Kier alpha value is -4.43. The first-order valence-corrected chi connectivity index (χ1v) is 10.8. The van der Waals surface area contributed by atoms with Crippen molar-refractivity contribution >= 4 is 40.9 Å². The molecule has 2 aliphatic rings. The van der Waals surface area contributed by atoms with Crippen LogP contribution in [-0.2, 0) is 31.5 Å². The van der Waals surface area contributed by atoms with E-state index in [9.17, 15) is 45.5 Å². The lowest BCUT2D eigenvalue weighted by Crippen LogP contribution is -2.44. The van der Waals surface area contributed by atoms with E-state index < -0.39 is 70.7 Å². The first kappa shape index (κ1) is 26.6. The normalized spacial score (nSPS) is 19.4. The van der Waals surface area contributed by atoms with Gasteiger partial charge in [0.05, 0.1) is 23.4 Å². The molecule has 0 saturated carbocycles. The van der Waals surface area contributed by atoms with Crippen LogP contribution in [-0.4, -0.2) is 47.2 Å². The number of nitrogens with one attached hydrogen (secondary N) is 1. The van der Waals surface area contributed by atoms with Gasteiger partial charge in [-0.1, -0.05) is 12.1 Å². The van der Waals surface area contributed by atoms with Crippen molar-refractivity contribution < 1.29 is 50.3 Å². The Kier molecular flexibility index (Phi) is 6.63. The van der Waals surface area contributed by atoms with Gasteiger partial charge in [-0.2, -0.15) is 31.4 Å². The highest BCUT2D eigenvalue weighted by atomic mass is 19.4. The number of rotatable bonds is 4. The molecule has 2 aromatic rings. The number of halogens is 6. The molecule has 200 valence electrons. The Bertz CT molecular complexity index is 1360. The third-order valence-corrected chi connectivity index (χ3v) is 5.61. The fraction of sp³-hybridized carbons (Fsp3) is 0.261. The summed E-state index contributed by atoms with van der Waals surface area (Å²) < 4.78 is 83.6. The molecule has 9 nitrogen and oxygen atoms in total. The Morgan fingerprint density at radius 3 is 2.16 bits per heavy atom. The van der Waals surface area contributed by atoms with Gasteiger partial charge in [0.2, 0.25) is 5.91 Å². The second kappa shape index (κ2) is 9.46. The van der Waals surface area contributed by atoms with Crippen LogP contribution in [0.2, 0.25) is 0 Å². The van der Waals surface area contributed by atoms with Gasteiger partial charge < -0.3 is 10.1 Å². The van der Waals surface area contributed by atoms with Crippen molar-refractivity contribution in [2.45, 2.75) is 25.3 Å². The molecule has 0 unspecified atom stereocenters. The van der Waals surface area contributed by atoms with E-state index in [0.717, 1.165) is 36.4 Å². The second-order valence-electron chi connectivity index (χ2n) is 8.04. The van der Waals surface area contributed by atoms with E-state index in [4.69, 9.17) is 4.74 Å². The molecule has 2 heterocycles. The van der Waals surface area contributed by atoms with Crippen molar-refractivity contribution in [3.05, 3.63) is 59.7 Å². The maximum Gasteiger partial charge on any atom is 0.416 e. The Balaban J connectivity index is 1.70. The number of hydrogen-bond donors (Lipinski definition) is 1. The summed E-state index contributed by atoms with van der Waals surface area (Å²) in [6, 6.07) is 3.70. The van der Waals surface area contributed by atoms with Crippen LogP contribution in [0.5, 0.6) is 0 Å². The first-order chi connectivity index (χ1) is 17.7. The molecule has 0 aromatic heterocycles. The predicted octanol–water partition coefficient (Wildman–Crippen LogP) is 4.05. The number of carbonyl (C=O) groups excluding carboxylic acids is 4. The lowest BCUT2D eigenvalue weighted by Gasteiger charge is -2.21. The minimum Gasteiger partial charge on any atom is -0.461 e. The molecule has 1 saturated heterocycles. The number of carbonyl (C=O) groups is 4. The topological polar surface area (TPSA) is 108 Å². The molecule has 4 amide bonds. The quantitative estimate of drug-likeness (QED) is 0.357. The van der Waals surface area contributed by atoms with Gasteiger partial charge in [0.25, 0.3) is 5.91 Å². The zero-order valence-electron chi connectivity index (χ0n) is 19.1. The van der Waals surface area contributed by atoms with Crippen LogP contribution in [0.25, 0.3) is 0 Å². The predicted molar refractivity (Wildman–Crippen MR) is 118 cm³/mol. The maximum atomic E-state index is 13.3. The van der Waals surface area contributed by atoms with Crippen LogP contribution in [0.15, 0.2) is 53.6 Å². The number of anilines is 2. The molecule has 4 rings (SSSR count). The summed E-state index contributed by atoms with van der Waals surface area (Å²) in [6.45, 7) is 1.25. The van der Waals surface area contributed by atoms with Gasteiger partial charge >= 0.3 is 24.4 Å². The molecule has 2 aliphatic heterocycles. The van der Waals surface area contributed by atoms with Gasteiger partial charge in [-0.05, 0) is 43.3 Å². The molecule has 2 aromatic carbocycles. The van der Waals surface area contributed by atoms with Crippen LogP contribution >= 0.6 is 0 Å². The number of hydrazone groups is 1. The van der Waals surface area contributed by atoms with Crippen LogP contribution in [0.4, 0.5) is 42.5 Å². The van der Waals surface area contributed by atoms with E-state index in [0.29, 0.717) is 22.0 Å². The standard InChI is InChI=1S/C23H16F6N4O5/c1-2-38-20(36)16-15-17(19(35)32(18(15)34)14-8-4-6-12(10-14)23(27,28)29)33(31-16)21(37)30-13-7-3-5-11(9-13)22(24,25)26/h3-10,15,17H,2H2,1H3,(H,30,37)/t15-,17-/m0/s1. The maximum absolute atomic E-state index is 13.3. The largest absolute Gasteiger partial charge is 0.461 e. The monoisotopic (exact) mass is 542 g/mol. The highest BCUT2D eigenvalue weighted by Crippen LogP contribution is 2.38. The lowest BCUT2D eigenvalue weighted by atomic mass is 9.98. The number of benzene rings is 2. The number of imide groups is 1. The van der Waals surface area contributed by atoms with E-state index in [1.165, 1.54) is 6.92 Å². The van der Waals surface area contributed by atoms with Gasteiger partial charge in [0.1, 0.15) is 5.92 Å². The average Bonchev–Trinajstić information content (AvgIpc) is 3.35. The minimum absolute atomic E-state index is 0.175. The number of amides is 4. The van der Waals surface area contributed by atoms with E-state index in [2.05, 4.69) is 10.4 Å². The van der Waals surface area contributed by atoms with Crippen LogP contribution < -0.4 is 10.2 Å². The fourth-order valence-corrected chi connectivity index (χ4v) is 3.98. The molecule has 15 heteroatoms. The molecule has 1 fully saturated rings. The van der Waals surface area contributed by atoms with Crippen LogP contribution in [0.3, 0.4) is 0 Å². The second-order valence-corrected chi connectivity index (χ2v) is 8.04. The third kappa shape index (κ3) is 4.78. The van der Waals surface area contributed by atoms with Crippen molar-refractivity contribution in [1.82, 2.24) is 5.01 Å². The zero-order valence-corrected chi connectivity index (χ0v) is 19.1. The van der Waals surface area contributed by atoms with Crippen molar-refractivity contribution in [3.8, 4) is 0 Å². The Morgan fingerprint density at radius 2 is 1.55 bits per heavy atom. The summed E-state index contributed by atoms with van der Waals surface area (Å²) in [7, 11) is 0. The number of esters is 1. The number of hydrogen-bond acceptors (Lipinski definition) is 6. The summed E-state index contributed by atoms with van der Waals surface area (Å²) in [5.41, 5.74) is -3.72. The summed E-state index contributed by atoms with van der Waals surface area (Å²) in [5.74, 6) is -5.20. The highest BCUT2D eigenvalue weighted by Gasteiger charge is 2.60. The van der Waals surface area contributed by atoms with E-state index in [-0.39, 0.29) is 12.3 Å². The SMILES string of the molecule is CCOC(=O)C1=NN(C(=O)Nc2cccc(C(F)(F)F)c2)[C@@H]2C(=O)N(c3cccc(C(F)(F)F)c3)C(=O)[C@@H]12. The number of alkyl halides is 6. The van der Waals surface area contributed by atoms with Crippen LogP contribution in [0, 0.1) is 5.92 Å². The van der Waals surface area contributed by atoms with Crippen molar-refractivity contribution in [2.75, 3.05) is 16.8 Å². The molecule has 1 N–H and O–H groups in total. The first-order valence-electron chi connectivity index (χ1n) is 10.8. The smallest absolute Gasteiger partial charge is 0.416 e. The molecule has 0 aliphatic carbocycles. The highest BCUT2D eigenvalue weighted by molar-refractivity contribution is 6.47.